The van der Waals surface area contributed by atoms with Gasteiger partial charge in [0.2, 0.25) is 6.41 Å². The maximum atomic E-state index is 10.7. The Bertz CT molecular complexity index is 781. The van der Waals surface area contributed by atoms with Gasteiger partial charge in [-0.05, 0) is 70.4 Å². The number of aliphatic hydroxyl groups excluding tert-OH is 1. The first-order valence-electron chi connectivity index (χ1n) is 13.1. The first-order valence-corrected chi connectivity index (χ1v) is 13.1. The van der Waals surface area contributed by atoms with Crippen molar-refractivity contribution in [3.63, 3.8) is 0 Å². The fourth-order valence-corrected chi connectivity index (χ4v) is 5.49. The second kappa shape index (κ2) is 10.7. The van der Waals surface area contributed by atoms with Gasteiger partial charge in [-0.3, -0.25) is 4.79 Å². The Morgan fingerprint density at radius 1 is 1.09 bits per heavy atom. The smallest absolute Gasteiger partial charge is 0.207 e. The van der Waals surface area contributed by atoms with Crippen LogP contribution in [-0.4, -0.2) is 71.3 Å². The molecule has 33 heavy (non-hydrogen) atoms. The lowest BCUT2D eigenvalue weighted by atomic mass is 9.80. The summed E-state index contributed by atoms with van der Waals surface area (Å²) < 4.78 is 0. The highest BCUT2D eigenvalue weighted by Crippen LogP contribution is 2.37. The van der Waals surface area contributed by atoms with E-state index in [4.69, 9.17) is 9.97 Å². The van der Waals surface area contributed by atoms with E-state index in [1.54, 1.807) is 0 Å². The molecule has 2 aliphatic carbocycles. The van der Waals surface area contributed by atoms with Gasteiger partial charge in [-0.1, -0.05) is 20.8 Å². The topological polar surface area (TPSA) is 81.6 Å². The number of aromatic nitrogens is 2. The Morgan fingerprint density at radius 3 is 2.52 bits per heavy atom. The number of carbonyl (C=O) groups excluding carboxylic acids is 1. The van der Waals surface area contributed by atoms with Gasteiger partial charge < -0.3 is 20.2 Å². The Hall–Kier alpha value is -1.73. The zero-order valence-corrected chi connectivity index (χ0v) is 20.8. The standard InChI is InChI=1S/C26H43N5O2/c1-26(2,3)25-28-23(20-15-22(33)16-20)17-24(29-25)31-11-4-10-30(13-14-31)12-9-19-5-7-21(8-6-19)27-18-32/h17-22,33H,4-16H2,1-3H3,(H,27,32). The van der Waals surface area contributed by atoms with E-state index in [0.717, 1.165) is 87.9 Å². The maximum absolute atomic E-state index is 10.7. The minimum absolute atomic E-state index is 0.0920. The van der Waals surface area contributed by atoms with Crippen LogP contribution in [0.15, 0.2) is 6.07 Å². The lowest BCUT2D eigenvalue weighted by Gasteiger charge is -2.33. The minimum Gasteiger partial charge on any atom is -0.393 e. The van der Waals surface area contributed by atoms with E-state index in [1.807, 2.05) is 0 Å². The molecule has 0 bridgehead atoms. The van der Waals surface area contributed by atoms with Crippen molar-refractivity contribution < 1.29 is 9.90 Å². The van der Waals surface area contributed by atoms with Crippen molar-refractivity contribution in [2.45, 2.75) is 95.6 Å². The second-order valence-electron chi connectivity index (χ2n) is 11.5. The van der Waals surface area contributed by atoms with Gasteiger partial charge in [0.15, 0.2) is 0 Å². The van der Waals surface area contributed by atoms with Crippen LogP contribution in [0.2, 0.25) is 0 Å². The predicted molar refractivity (Wildman–Crippen MR) is 132 cm³/mol. The number of carbonyl (C=O) groups is 1. The molecule has 3 fully saturated rings. The molecular weight excluding hydrogens is 414 g/mol. The van der Waals surface area contributed by atoms with Gasteiger partial charge in [-0.15, -0.1) is 0 Å². The average molecular weight is 458 g/mol. The van der Waals surface area contributed by atoms with E-state index >= 15 is 0 Å². The molecule has 7 nitrogen and oxygen atoms in total. The summed E-state index contributed by atoms with van der Waals surface area (Å²) in [7, 11) is 0. The normalized spacial score (nSPS) is 29.3. The SMILES string of the molecule is CC(C)(C)c1nc(C2CC(O)C2)cc(N2CCCN(CCC3CCC(NC=O)CC3)CC2)n1. The monoisotopic (exact) mass is 457 g/mol. The highest BCUT2D eigenvalue weighted by Gasteiger charge is 2.32. The highest BCUT2D eigenvalue weighted by molar-refractivity contribution is 5.46. The van der Waals surface area contributed by atoms with Crippen molar-refractivity contribution in [1.29, 1.82) is 0 Å². The molecule has 2 heterocycles. The summed E-state index contributed by atoms with van der Waals surface area (Å²) in [6.45, 7) is 12.0. The maximum Gasteiger partial charge on any atom is 0.207 e. The van der Waals surface area contributed by atoms with Crippen LogP contribution in [0.25, 0.3) is 0 Å². The molecule has 7 heteroatoms. The molecule has 0 aromatic carbocycles. The van der Waals surface area contributed by atoms with Crippen molar-refractivity contribution in [2.24, 2.45) is 5.92 Å². The Morgan fingerprint density at radius 2 is 1.85 bits per heavy atom. The summed E-state index contributed by atoms with van der Waals surface area (Å²) in [5.74, 6) is 3.14. The number of nitrogens with zero attached hydrogens (tertiary/aromatic N) is 4. The van der Waals surface area contributed by atoms with Crippen molar-refractivity contribution in [2.75, 3.05) is 37.6 Å². The predicted octanol–water partition coefficient (Wildman–Crippen LogP) is 3.22. The van der Waals surface area contributed by atoms with Crippen LogP contribution in [0.3, 0.4) is 0 Å². The molecule has 0 unspecified atom stereocenters. The Labute approximate surface area is 199 Å². The summed E-state index contributed by atoms with van der Waals surface area (Å²) in [6.07, 6.45) is 9.47. The summed E-state index contributed by atoms with van der Waals surface area (Å²) in [5.41, 5.74) is 1.02. The lowest BCUT2D eigenvalue weighted by molar-refractivity contribution is -0.110. The summed E-state index contributed by atoms with van der Waals surface area (Å²) >= 11 is 0. The van der Waals surface area contributed by atoms with Crippen LogP contribution in [-0.2, 0) is 10.2 Å². The van der Waals surface area contributed by atoms with Crippen LogP contribution in [0.4, 0.5) is 5.82 Å². The van der Waals surface area contributed by atoms with E-state index in [9.17, 15) is 9.90 Å². The third-order valence-electron chi connectivity index (χ3n) is 7.85. The first kappa shape index (κ1) is 24.4. The molecule has 3 aliphatic rings. The number of hydrogen-bond acceptors (Lipinski definition) is 6. The molecule has 0 spiro atoms. The van der Waals surface area contributed by atoms with E-state index in [1.165, 1.54) is 25.8 Å². The van der Waals surface area contributed by atoms with Gasteiger partial charge in [-0.25, -0.2) is 9.97 Å². The quantitative estimate of drug-likeness (QED) is 0.612. The lowest BCUT2D eigenvalue weighted by Crippen LogP contribution is -2.35. The van der Waals surface area contributed by atoms with Crippen LogP contribution in [0, 0.1) is 5.92 Å². The number of rotatable bonds is 7. The third-order valence-corrected chi connectivity index (χ3v) is 7.85. The molecule has 1 aromatic rings. The van der Waals surface area contributed by atoms with Gasteiger partial charge in [-0.2, -0.15) is 0 Å². The Balaban J connectivity index is 1.33. The zero-order valence-electron chi connectivity index (χ0n) is 20.8. The zero-order chi connectivity index (χ0) is 23.4. The van der Waals surface area contributed by atoms with Crippen LogP contribution >= 0.6 is 0 Å². The molecule has 184 valence electrons. The second-order valence-corrected chi connectivity index (χ2v) is 11.5. The first-order chi connectivity index (χ1) is 15.8. The summed E-state index contributed by atoms with van der Waals surface area (Å²) in [4.78, 5) is 25.6. The number of aliphatic hydroxyl groups is 1. The molecule has 1 amide bonds. The van der Waals surface area contributed by atoms with Crippen LogP contribution in [0.5, 0.6) is 0 Å². The number of nitrogens with one attached hydrogen (secondary N) is 1. The number of hydrogen-bond donors (Lipinski definition) is 2. The van der Waals surface area contributed by atoms with Gasteiger partial charge in [0, 0.05) is 48.8 Å². The number of anilines is 1. The molecule has 2 N–H and O–H groups in total. The number of amides is 1. The van der Waals surface area contributed by atoms with Gasteiger partial charge in [0.1, 0.15) is 11.6 Å². The van der Waals surface area contributed by atoms with Crippen molar-refractivity contribution >= 4 is 12.2 Å². The van der Waals surface area contributed by atoms with E-state index < -0.39 is 0 Å². The van der Waals surface area contributed by atoms with Crippen molar-refractivity contribution in [1.82, 2.24) is 20.2 Å². The van der Waals surface area contributed by atoms with E-state index in [2.05, 4.69) is 42.0 Å². The van der Waals surface area contributed by atoms with Gasteiger partial charge in [0.05, 0.1) is 6.10 Å². The van der Waals surface area contributed by atoms with Crippen LogP contribution < -0.4 is 10.2 Å². The average Bonchev–Trinajstić information content (AvgIpc) is 3.01. The van der Waals surface area contributed by atoms with Gasteiger partial charge >= 0.3 is 0 Å². The van der Waals surface area contributed by atoms with E-state index in [-0.39, 0.29) is 11.5 Å². The highest BCUT2D eigenvalue weighted by atomic mass is 16.3. The fourth-order valence-electron chi connectivity index (χ4n) is 5.49. The fraction of sp³-hybridized carbons (Fsp3) is 0.808. The molecule has 0 radical (unpaired) electrons. The molecule has 1 aliphatic heterocycles. The van der Waals surface area contributed by atoms with Crippen LogP contribution in [0.1, 0.15) is 89.6 Å². The Kier molecular flexibility index (Phi) is 7.90. The van der Waals surface area contributed by atoms with Crippen molar-refractivity contribution in [3.8, 4) is 0 Å². The van der Waals surface area contributed by atoms with Gasteiger partial charge in [0.25, 0.3) is 0 Å². The third kappa shape index (κ3) is 6.44. The molecule has 1 saturated heterocycles. The van der Waals surface area contributed by atoms with Crippen molar-refractivity contribution in [3.05, 3.63) is 17.6 Å². The van der Waals surface area contributed by atoms with E-state index in [0.29, 0.717) is 12.0 Å². The molecule has 1 aromatic heterocycles. The largest absolute Gasteiger partial charge is 0.393 e. The summed E-state index contributed by atoms with van der Waals surface area (Å²) in [6, 6.07) is 2.58. The minimum atomic E-state index is -0.172. The molecule has 4 rings (SSSR count). The summed E-state index contributed by atoms with van der Waals surface area (Å²) in [5, 5.41) is 12.8. The molecular formula is C26H43N5O2. The molecule has 0 atom stereocenters. The molecule has 2 saturated carbocycles.